The van der Waals surface area contributed by atoms with E-state index < -0.39 is 0 Å². The number of nitrogens with one attached hydrogen (secondary N) is 1. The van der Waals surface area contributed by atoms with Gasteiger partial charge in [0.2, 0.25) is 5.76 Å². The van der Waals surface area contributed by atoms with Crippen molar-refractivity contribution in [2.75, 3.05) is 32.8 Å². The van der Waals surface area contributed by atoms with Crippen LogP contribution in [0.4, 0.5) is 0 Å². The maximum Gasteiger partial charge on any atom is 0.292 e. The second kappa shape index (κ2) is 7.38. The number of ether oxygens (including phenoxy) is 2. The molecule has 0 aliphatic carbocycles. The predicted molar refractivity (Wildman–Crippen MR) is 72.5 cm³/mol. The normalized spacial score (nSPS) is 23.0. The Hall–Kier alpha value is -1.23. The first-order valence-electron chi connectivity index (χ1n) is 7.28. The quantitative estimate of drug-likeness (QED) is 0.815. The third kappa shape index (κ3) is 4.13. The summed E-state index contributed by atoms with van der Waals surface area (Å²) >= 11 is 0. The van der Waals surface area contributed by atoms with Crippen LogP contribution in [0.3, 0.4) is 0 Å². The van der Waals surface area contributed by atoms with Gasteiger partial charge in [-0.05, 0) is 25.8 Å². The van der Waals surface area contributed by atoms with Crippen molar-refractivity contribution in [3.05, 3.63) is 12.0 Å². The van der Waals surface area contributed by atoms with E-state index >= 15 is 0 Å². The average molecular weight is 268 g/mol. The molecule has 0 aromatic carbocycles. The zero-order chi connectivity index (χ0) is 13.5. The van der Waals surface area contributed by atoms with Gasteiger partial charge in [0, 0.05) is 19.1 Å². The fraction of sp³-hybridized carbons (Fsp3) is 0.786. The first-order valence-corrected chi connectivity index (χ1v) is 7.28. The third-order valence-electron chi connectivity index (χ3n) is 3.49. The molecule has 1 unspecified atom stereocenters. The molecule has 1 saturated heterocycles. The van der Waals surface area contributed by atoms with Gasteiger partial charge in [-0.3, -0.25) is 4.79 Å². The third-order valence-corrected chi connectivity index (χ3v) is 3.49. The molecule has 19 heavy (non-hydrogen) atoms. The molecule has 2 aliphatic rings. The summed E-state index contributed by atoms with van der Waals surface area (Å²) < 4.78 is 10.6. The Morgan fingerprint density at radius 1 is 1.47 bits per heavy atom. The minimum atomic E-state index is -0.0473. The van der Waals surface area contributed by atoms with E-state index in [1.54, 1.807) is 0 Å². The summed E-state index contributed by atoms with van der Waals surface area (Å²) in [5.41, 5.74) is 0. The van der Waals surface area contributed by atoms with E-state index in [4.69, 9.17) is 9.47 Å². The van der Waals surface area contributed by atoms with Crippen molar-refractivity contribution in [2.45, 2.75) is 38.6 Å². The van der Waals surface area contributed by atoms with Crippen LogP contribution in [0.2, 0.25) is 0 Å². The summed E-state index contributed by atoms with van der Waals surface area (Å²) in [7, 11) is 0. The zero-order valence-corrected chi connectivity index (χ0v) is 11.7. The molecule has 2 rings (SSSR count). The van der Waals surface area contributed by atoms with Crippen LogP contribution < -0.4 is 5.32 Å². The molecule has 0 aromatic heterocycles. The van der Waals surface area contributed by atoms with Crippen molar-refractivity contribution < 1.29 is 14.3 Å². The van der Waals surface area contributed by atoms with Gasteiger partial charge in [0.15, 0.2) is 0 Å². The molecular weight excluding hydrogens is 244 g/mol. The highest BCUT2D eigenvalue weighted by Gasteiger charge is 2.24. The number of hydrogen-bond acceptors (Lipinski definition) is 4. The Labute approximate surface area is 114 Å². The van der Waals surface area contributed by atoms with Crippen LogP contribution in [-0.2, 0) is 14.3 Å². The highest BCUT2D eigenvalue weighted by atomic mass is 16.6. The summed E-state index contributed by atoms with van der Waals surface area (Å²) in [5.74, 6) is 0.296. The Kier molecular flexibility index (Phi) is 5.51. The lowest BCUT2D eigenvalue weighted by molar-refractivity contribution is -0.132. The molecule has 5 nitrogen and oxygen atoms in total. The van der Waals surface area contributed by atoms with Crippen LogP contribution in [0, 0.1) is 0 Å². The topological polar surface area (TPSA) is 50.8 Å². The fourth-order valence-electron chi connectivity index (χ4n) is 2.53. The molecule has 0 saturated carbocycles. The lowest BCUT2D eigenvalue weighted by atomic mass is 10.0. The molecule has 1 fully saturated rings. The van der Waals surface area contributed by atoms with Crippen LogP contribution in [0.5, 0.6) is 0 Å². The summed E-state index contributed by atoms with van der Waals surface area (Å²) in [6.07, 6.45) is 6.02. The van der Waals surface area contributed by atoms with Crippen molar-refractivity contribution in [3.8, 4) is 0 Å². The Morgan fingerprint density at radius 2 is 2.37 bits per heavy atom. The number of carbonyl (C=O) groups is 1. The van der Waals surface area contributed by atoms with Crippen LogP contribution in [-0.4, -0.2) is 49.7 Å². The van der Waals surface area contributed by atoms with E-state index in [9.17, 15) is 4.79 Å². The van der Waals surface area contributed by atoms with Gasteiger partial charge < -0.3 is 19.7 Å². The standard InChI is InChI=1S/C14H24N2O3/c1-2-7-16(10-12-5-3-4-6-15-12)14(17)13-11-18-8-9-19-13/h11-12,15H,2-10H2,1H3. The van der Waals surface area contributed by atoms with Gasteiger partial charge in [0.25, 0.3) is 5.91 Å². The van der Waals surface area contributed by atoms with Crippen LogP contribution in [0.1, 0.15) is 32.6 Å². The lowest BCUT2D eigenvalue weighted by Gasteiger charge is -2.31. The monoisotopic (exact) mass is 268 g/mol. The minimum Gasteiger partial charge on any atom is -0.494 e. The zero-order valence-electron chi connectivity index (χ0n) is 11.7. The lowest BCUT2D eigenvalue weighted by Crippen LogP contribution is -2.46. The maximum atomic E-state index is 12.4. The molecular formula is C14H24N2O3. The highest BCUT2D eigenvalue weighted by molar-refractivity contribution is 5.91. The number of piperidine rings is 1. The number of rotatable bonds is 5. The van der Waals surface area contributed by atoms with E-state index in [2.05, 4.69) is 12.2 Å². The Bertz CT molecular complexity index is 325. The number of hydrogen-bond donors (Lipinski definition) is 1. The average Bonchev–Trinajstić information content (AvgIpc) is 2.48. The molecule has 1 amide bonds. The first kappa shape index (κ1) is 14.2. The van der Waals surface area contributed by atoms with Gasteiger partial charge in [-0.1, -0.05) is 13.3 Å². The van der Waals surface area contributed by atoms with Gasteiger partial charge in [-0.15, -0.1) is 0 Å². The van der Waals surface area contributed by atoms with Crippen molar-refractivity contribution in [2.24, 2.45) is 0 Å². The van der Waals surface area contributed by atoms with E-state index in [0.717, 1.165) is 32.5 Å². The SMILES string of the molecule is CCCN(CC1CCCCN1)C(=O)C1=COCCO1. The molecule has 108 valence electrons. The molecule has 2 aliphatic heterocycles. The van der Waals surface area contributed by atoms with Crippen molar-refractivity contribution >= 4 is 5.91 Å². The smallest absolute Gasteiger partial charge is 0.292 e. The van der Waals surface area contributed by atoms with Crippen LogP contribution in [0.15, 0.2) is 12.0 Å². The molecule has 1 atom stereocenters. The summed E-state index contributed by atoms with van der Waals surface area (Å²) in [4.78, 5) is 14.3. The summed E-state index contributed by atoms with van der Waals surface area (Å²) in [5, 5.41) is 3.48. The predicted octanol–water partition coefficient (Wildman–Crippen LogP) is 1.26. The molecule has 0 aromatic rings. The Balaban J connectivity index is 1.93. The molecule has 5 heteroatoms. The van der Waals surface area contributed by atoms with Gasteiger partial charge >= 0.3 is 0 Å². The number of amides is 1. The van der Waals surface area contributed by atoms with Crippen molar-refractivity contribution in [3.63, 3.8) is 0 Å². The second-order valence-corrected chi connectivity index (χ2v) is 5.10. The number of carbonyl (C=O) groups excluding carboxylic acids is 1. The first-order chi connectivity index (χ1) is 9.31. The van der Waals surface area contributed by atoms with Crippen LogP contribution in [0.25, 0.3) is 0 Å². The fourth-order valence-corrected chi connectivity index (χ4v) is 2.53. The maximum absolute atomic E-state index is 12.4. The molecule has 0 spiro atoms. The van der Waals surface area contributed by atoms with E-state index in [-0.39, 0.29) is 5.91 Å². The number of nitrogens with zero attached hydrogens (tertiary/aromatic N) is 1. The van der Waals surface area contributed by atoms with E-state index in [0.29, 0.717) is 25.0 Å². The van der Waals surface area contributed by atoms with Gasteiger partial charge in [0.1, 0.15) is 19.5 Å². The second-order valence-electron chi connectivity index (χ2n) is 5.10. The molecule has 1 N–H and O–H groups in total. The van der Waals surface area contributed by atoms with Crippen molar-refractivity contribution in [1.82, 2.24) is 10.2 Å². The van der Waals surface area contributed by atoms with E-state index in [1.165, 1.54) is 19.1 Å². The highest BCUT2D eigenvalue weighted by Crippen LogP contribution is 2.13. The largest absolute Gasteiger partial charge is 0.494 e. The van der Waals surface area contributed by atoms with Gasteiger partial charge in [-0.2, -0.15) is 0 Å². The summed E-state index contributed by atoms with van der Waals surface area (Å²) in [6.45, 7) is 5.64. The minimum absolute atomic E-state index is 0.0473. The molecule has 0 radical (unpaired) electrons. The van der Waals surface area contributed by atoms with Crippen molar-refractivity contribution in [1.29, 1.82) is 0 Å². The Morgan fingerprint density at radius 3 is 3.00 bits per heavy atom. The van der Waals surface area contributed by atoms with E-state index in [1.807, 2.05) is 4.90 Å². The molecule has 2 heterocycles. The van der Waals surface area contributed by atoms with Gasteiger partial charge in [0.05, 0.1) is 0 Å². The molecule has 0 bridgehead atoms. The summed E-state index contributed by atoms with van der Waals surface area (Å²) in [6, 6.07) is 0.411. The van der Waals surface area contributed by atoms with Crippen LogP contribution >= 0.6 is 0 Å². The van der Waals surface area contributed by atoms with Gasteiger partial charge in [-0.25, -0.2) is 0 Å².